The smallest absolute Gasteiger partial charge is 0.279 e. The van der Waals surface area contributed by atoms with Crippen LogP contribution >= 0.6 is 0 Å². The third kappa shape index (κ3) is 5.49. The number of para-hydroxylation sites is 1. The maximum atomic E-state index is 16.6. The molecule has 10 nitrogen and oxygen atoms in total. The molecule has 0 bridgehead atoms. The van der Waals surface area contributed by atoms with E-state index < -0.39 is 31.6 Å². The van der Waals surface area contributed by atoms with Crippen molar-refractivity contribution in [2.24, 2.45) is 5.92 Å². The molecule has 0 radical (unpaired) electrons. The Hall–Kier alpha value is -5.30. The lowest BCUT2D eigenvalue weighted by molar-refractivity contribution is -0.145. The Bertz CT molecular complexity index is 2330. The van der Waals surface area contributed by atoms with Gasteiger partial charge >= 0.3 is 0 Å². The third-order valence-corrected chi connectivity index (χ3v) is 13.2. The Balaban J connectivity index is 1.19. The second-order valence-electron chi connectivity index (χ2n) is 14.2. The molecule has 5 atom stereocenters. The summed E-state index contributed by atoms with van der Waals surface area (Å²) >= 11 is 0. The Morgan fingerprint density at radius 3 is 2.38 bits per heavy atom. The molecule has 2 aromatic heterocycles. The van der Waals surface area contributed by atoms with Gasteiger partial charge in [-0.1, -0.05) is 78.9 Å². The summed E-state index contributed by atoms with van der Waals surface area (Å²) in [4.78, 5) is 30.3. The van der Waals surface area contributed by atoms with E-state index in [0.29, 0.717) is 46.7 Å². The van der Waals surface area contributed by atoms with Crippen LogP contribution in [-0.2, 0) is 21.7 Å². The average Bonchev–Trinajstić information content (AvgIpc) is 3.81. The topological polar surface area (TPSA) is 115 Å². The van der Waals surface area contributed by atoms with E-state index in [2.05, 4.69) is 15.4 Å². The zero-order valence-electron chi connectivity index (χ0n) is 29.1. The second-order valence-corrected chi connectivity index (χ2v) is 18.0. The zero-order valence-corrected chi connectivity index (χ0v) is 30.1. The number of ether oxygens (including phenoxy) is 1. The summed E-state index contributed by atoms with van der Waals surface area (Å²) in [6, 6.07) is 31.7. The van der Waals surface area contributed by atoms with E-state index >= 15 is 4.11 Å². The molecule has 6 aromatic rings. The molecule has 2 aliphatic rings. The molecule has 8 rings (SSSR count). The van der Waals surface area contributed by atoms with Gasteiger partial charge in [-0.3, -0.25) is 19.2 Å². The minimum absolute atomic E-state index is 0.125. The van der Waals surface area contributed by atoms with Gasteiger partial charge in [0.15, 0.2) is 5.60 Å². The normalized spacial score (nSPS) is 22.0. The van der Waals surface area contributed by atoms with Crippen molar-refractivity contribution in [3.8, 4) is 5.69 Å². The van der Waals surface area contributed by atoms with E-state index in [0.717, 1.165) is 10.9 Å². The number of rotatable bonds is 9. The van der Waals surface area contributed by atoms with Crippen molar-refractivity contribution in [1.82, 2.24) is 24.8 Å². The van der Waals surface area contributed by atoms with Crippen molar-refractivity contribution in [2.75, 3.05) is 11.5 Å². The number of hydrogen-bond donors (Lipinski definition) is 1. The molecule has 1 spiro atoms. The molecule has 264 valence electrons. The quantitative estimate of drug-likeness (QED) is 0.132. The van der Waals surface area contributed by atoms with Crippen LogP contribution in [0.2, 0.25) is 18.6 Å². The third-order valence-electron chi connectivity index (χ3n) is 10.7. The van der Waals surface area contributed by atoms with Crippen molar-refractivity contribution in [3.63, 3.8) is 0 Å². The van der Waals surface area contributed by atoms with Crippen molar-refractivity contribution in [2.45, 2.75) is 56.1 Å². The fraction of sp³-hybridized carbons (Fsp3) is 0.275. The van der Waals surface area contributed by atoms with E-state index in [1.807, 2.05) is 104 Å². The van der Waals surface area contributed by atoms with Gasteiger partial charge in [0.25, 0.3) is 11.5 Å². The number of anilines is 2. The van der Waals surface area contributed by atoms with Crippen LogP contribution in [0.5, 0.6) is 0 Å². The van der Waals surface area contributed by atoms with Crippen LogP contribution in [0.25, 0.3) is 16.5 Å². The van der Waals surface area contributed by atoms with Gasteiger partial charge in [-0.15, -0.1) is 5.10 Å². The highest BCUT2D eigenvalue weighted by Crippen LogP contribution is 2.61. The van der Waals surface area contributed by atoms with Crippen molar-refractivity contribution in [1.29, 1.82) is 0 Å². The van der Waals surface area contributed by atoms with Crippen LogP contribution in [0.1, 0.15) is 36.1 Å². The first-order chi connectivity index (χ1) is 25.1. The number of fused-ring (bicyclic) bond motifs is 3. The number of carbonyl (C=O) groups is 1. The summed E-state index contributed by atoms with van der Waals surface area (Å²) in [5.41, 5.74) is 1.57. The van der Waals surface area contributed by atoms with Gasteiger partial charge in [0.05, 0.1) is 47.3 Å². The van der Waals surface area contributed by atoms with Crippen LogP contribution in [0.15, 0.2) is 120 Å². The molecular weight excluding hydrogens is 676 g/mol. The number of benzene rings is 4. The van der Waals surface area contributed by atoms with Crippen LogP contribution in [0.3, 0.4) is 0 Å². The van der Waals surface area contributed by atoms with Gasteiger partial charge in [-0.05, 0) is 61.5 Å². The highest BCUT2D eigenvalue weighted by atomic mass is 28.4. The van der Waals surface area contributed by atoms with E-state index in [1.54, 1.807) is 41.0 Å². The van der Waals surface area contributed by atoms with Gasteiger partial charge in [0.1, 0.15) is 0 Å². The summed E-state index contributed by atoms with van der Waals surface area (Å²) in [6.45, 7) is 5.51. The molecule has 52 heavy (non-hydrogen) atoms. The highest BCUT2D eigenvalue weighted by molar-refractivity contribution is 6.72. The molecule has 0 saturated carbocycles. The van der Waals surface area contributed by atoms with Crippen molar-refractivity contribution in [3.05, 3.63) is 143 Å². The predicted molar refractivity (Wildman–Crippen MR) is 199 cm³/mol. The molecule has 1 saturated heterocycles. The summed E-state index contributed by atoms with van der Waals surface area (Å²) in [5.74, 6) is -1.16. The Morgan fingerprint density at radius 2 is 1.65 bits per heavy atom. The first-order valence-electron chi connectivity index (χ1n) is 17.6. The number of aliphatic hydroxyl groups is 1. The van der Waals surface area contributed by atoms with Gasteiger partial charge in [-0.2, -0.15) is 9.78 Å². The Kier molecular flexibility index (Phi) is 8.48. The summed E-state index contributed by atoms with van der Waals surface area (Å²) < 4.78 is 26.6. The number of hydrogen-bond acceptors (Lipinski definition) is 7. The number of carbonyl (C=O) groups excluding carboxylic acids is 1. The fourth-order valence-corrected chi connectivity index (χ4v) is 10.9. The lowest BCUT2D eigenvalue weighted by Gasteiger charge is -2.31. The molecule has 0 aliphatic carbocycles. The van der Waals surface area contributed by atoms with Crippen molar-refractivity contribution < 1.29 is 18.7 Å². The summed E-state index contributed by atoms with van der Waals surface area (Å²) in [6.07, 6.45) is 3.23. The number of aryl methyl sites for hydroxylation is 1. The minimum Gasteiger partial charge on any atom is -0.395 e. The molecule has 12 heteroatoms. The lowest BCUT2D eigenvalue weighted by atomic mass is 9.82. The summed E-state index contributed by atoms with van der Waals surface area (Å²) in [5, 5.41) is 24.6. The average molecular weight is 715 g/mol. The van der Waals surface area contributed by atoms with Gasteiger partial charge in [-0.25, -0.2) is 0 Å². The Morgan fingerprint density at radius 1 is 0.942 bits per heavy atom. The molecule has 1 amide bonds. The first kappa shape index (κ1) is 33.8. The zero-order chi connectivity index (χ0) is 36.2. The first-order valence-corrected chi connectivity index (χ1v) is 20.5. The molecule has 1 N–H and O–H groups in total. The number of halogens is 1. The van der Waals surface area contributed by atoms with Crippen LogP contribution in [-0.4, -0.2) is 56.9 Å². The number of nitrogens with zero attached hydrogens (tertiary/aromatic N) is 6. The van der Waals surface area contributed by atoms with Gasteiger partial charge < -0.3 is 14.0 Å². The van der Waals surface area contributed by atoms with Gasteiger partial charge in [0, 0.05) is 40.8 Å². The highest BCUT2D eigenvalue weighted by Gasteiger charge is 2.67. The van der Waals surface area contributed by atoms with Crippen LogP contribution in [0, 0.1) is 5.92 Å². The molecule has 4 heterocycles. The maximum Gasteiger partial charge on any atom is 0.279 e. The lowest BCUT2D eigenvalue weighted by Crippen LogP contribution is -2.44. The number of aliphatic hydroxyl groups excluding tert-OH is 1. The van der Waals surface area contributed by atoms with E-state index in [4.69, 9.17) is 4.74 Å². The standard InChI is InChI=1S/C40H39FN6O4Si/c1-26-37(52(2,3)41)36(20-21-45-24-34(43-44-45)32(25-48)27-12-6-4-7-13-27)51-40(26)33-22-30(47-38(49)31-17-11-10-14-28(31)23-42-47)18-19-35(33)46(39(40)50)29-15-8-5-9-16-29/h4-19,22-24,26,32,36-37,48H,20-21,25H2,1-3H3/t26-,32?,36+,37-,40+/m1/s1. The van der Waals surface area contributed by atoms with E-state index in [-0.39, 0.29) is 24.0 Å². The Labute approximate surface area is 301 Å². The molecule has 4 aromatic carbocycles. The summed E-state index contributed by atoms with van der Waals surface area (Å²) in [7, 11) is -3.46. The maximum absolute atomic E-state index is 16.6. The number of aromatic nitrogens is 5. The molecular formula is C40H39FN6O4Si. The number of amides is 1. The largest absolute Gasteiger partial charge is 0.395 e. The van der Waals surface area contributed by atoms with Crippen LogP contribution < -0.4 is 10.5 Å². The van der Waals surface area contributed by atoms with E-state index in [9.17, 15) is 14.7 Å². The fourth-order valence-electron chi connectivity index (χ4n) is 8.37. The van der Waals surface area contributed by atoms with E-state index in [1.165, 1.54) is 4.68 Å². The predicted octanol–water partition coefficient (Wildman–Crippen LogP) is 6.65. The second kappa shape index (κ2) is 13.0. The van der Waals surface area contributed by atoms with Crippen molar-refractivity contribution >= 4 is 36.5 Å². The molecule has 1 unspecified atom stereocenters. The molecule has 1 fully saturated rings. The molecule has 2 aliphatic heterocycles. The minimum atomic E-state index is -3.46. The SMILES string of the molecule is C[C@@H]1[C@@H]([Si](C)(C)F)[C@H](CCn2cc(C(CO)c3ccccc3)nn2)O[C@@]12C(=O)N(c1ccccc1)c1ccc(-n3ncc4ccccc4c3=O)cc12. The monoisotopic (exact) mass is 714 g/mol. The van der Waals surface area contributed by atoms with Gasteiger partial charge in [0.2, 0.25) is 8.41 Å². The van der Waals surface area contributed by atoms with Crippen LogP contribution in [0.4, 0.5) is 15.5 Å².